The van der Waals surface area contributed by atoms with E-state index in [-0.39, 0.29) is 6.04 Å². The third-order valence-electron chi connectivity index (χ3n) is 3.28. The lowest BCUT2D eigenvalue weighted by Crippen LogP contribution is -2.19. The second-order valence-corrected chi connectivity index (χ2v) is 4.73. The standard InChI is InChI=1S/C13H17ClN4/c1-9-11(7-17-18(9)3)13(15-2)6-10-4-5-16-8-12(10)14/h4-5,7-8,13,15H,6H2,1-3H3. The van der Waals surface area contributed by atoms with Crippen molar-refractivity contribution in [1.82, 2.24) is 20.1 Å². The van der Waals surface area contributed by atoms with Gasteiger partial charge in [-0.3, -0.25) is 9.67 Å². The fraction of sp³-hybridized carbons (Fsp3) is 0.385. The Morgan fingerprint density at radius 2 is 2.22 bits per heavy atom. The predicted octanol–water partition coefficient (Wildman–Crippen LogP) is 2.28. The van der Waals surface area contributed by atoms with Crippen LogP contribution in [0.3, 0.4) is 0 Å². The minimum absolute atomic E-state index is 0.207. The number of nitrogens with one attached hydrogen (secondary N) is 1. The molecular formula is C13H17ClN4. The molecule has 0 amide bonds. The highest BCUT2D eigenvalue weighted by atomic mass is 35.5. The smallest absolute Gasteiger partial charge is 0.0622 e. The molecule has 1 atom stereocenters. The van der Waals surface area contributed by atoms with Gasteiger partial charge in [0.05, 0.1) is 11.2 Å². The molecule has 0 spiro atoms. The van der Waals surface area contributed by atoms with Crippen molar-refractivity contribution in [3.63, 3.8) is 0 Å². The summed E-state index contributed by atoms with van der Waals surface area (Å²) >= 11 is 6.15. The van der Waals surface area contributed by atoms with E-state index in [2.05, 4.69) is 22.3 Å². The van der Waals surface area contributed by atoms with Gasteiger partial charge in [-0.05, 0) is 32.0 Å². The van der Waals surface area contributed by atoms with E-state index in [9.17, 15) is 0 Å². The van der Waals surface area contributed by atoms with Crippen LogP contribution in [-0.2, 0) is 13.5 Å². The summed E-state index contributed by atoms with van der Waals surface area (Å²) in [5.41, 5.74) is 3.46. The van der Waals surface area contributed by atoms with Gasteiger partial charge in [-0.2, -0.15) is 5.10 Å². The maximum absolute atomic E-state index is 6.15. The van der Waals surface area contributed by atoms with E-state index in [0.29, 0.717) is 5.02 Å². The highest BCUT2D eigenvalue weighted by Gasteiger charge is 2.16. The Morgan fingerprint density at radius 3 is 2.78 bits per heavy atom. The van der Waals surface area contributed by atoms with Crippen molar-refractivity contribution < 1.29 is 0 Å². The molecule has 0 aromatic carbocycles. The Morgan fingerprint density at radius 1 is 1.44 bits per heavy atom. The summed E-state index contributed by atoms with van der Waals surface area (Å²) in [4.78, 5) is 4.00. The maximum Gasteiger partial charge on any atom is 0.0622 e. The molecule has 0 fully saturated rings. The molecule has 4 nitrogen and oxygen atoms in total. The molecule has 0 saturated carbocycles. The third-order valence-corrected chi connectivity index (χ3v) is 3.62. The van der Waals surface area contributed by atoms with E-state index in [4.69, 9.17) is 11.6 Å². The first-order valence-electron chi connectivity index (χ1n) is 5.87. The van der Waals surface area contributed by atoms with Crippen LogP contribution in [0.4, 0.5) is 0 Å². The van der Waals surface area contributed by atoms with Crippen LogP contribution in [-0.4, -0.2) is 21.8 Å². The van der Waals surface area contributed by atoms with Crippen LogP contribution in [0.2, 0.25) is 5.02 Å². The van der Waals surface area contributed by atoms with Crippen molar-refractivity contribution in [2.75, 3.05) is 7.05 Å². The minimum Gasteiger partial charge on any atom is -0.313 e. The zero-order valence-corrected chi connectivity index (χ0v) is 11.6. The van der Waals surface area contributed by atoms with Crippen molar-refractivity contribution in [2.45, 2.75) is 19.4 Å². The molecule has 2 rings (SSSR count). The lowest BCUT2D eigenvalue weighted by Gasteiger charge is -2.16. The van der Waals surface area contributed by atoms with Crippen molar-refractivity contribution in [3.8, 4) is 0 Å². The van der Waals surface area contributed by atoms with Crippen LogP contribution in [0.1, 0.15) is 22.9 Å². The van der Waals surface area contributed by atoms with Gasteiger partial charge >= 0.3 is 0 Å². The SMILES string of the molecule is CNC(Cc1ccncc1Cl)c1cnn(C)c1C. The number of hydrogen-bond donors (Lipinski definition) is 1. The van der Waals surface area contributed by atoms with Gasteiger partial charge in [0.2, 0.25) is 0 Å². The van der Waals surface area contributed by atoms with Crippen LogP contribution >= 0.6 is 11.6 Å². The summed E-state index contributed by atoms with van der Waals surface area (Å²) in [5, 5.41) is 8.30. The molecule has 1 N–H and O–H groups in total. The number of aromatic nitrogens is 3. The lowest BCUT2D eigenvalue weighted by atomic mass is 10.0. The molecule has 0 radical (unpaired) electrons. The van der Waals surface area contributed by atoms with Crippen molar-refractivity contribution in [3.05, 3.63) is 46.5 Å². The Balaban J connectivity index is 2.25. The van der Waals surface area contributed by atoms with Gasteiger partial charge in [-0.15, -0.1) is 0 Å². The molecule has 5 heteroatoms. The Hall–Kier alpha value is -1.39. The molecular weight excluding hydrogens is 248 g/mol. The molecule has 0 aliphatic heterocycles. The molecule has 2 heterocycles. The number of pyridine rings is 1. The van der Waals surface area contributed by atoms with Crippen molar-refractivity contribution >= 4 is 11.6 Å². The Bertz CT molecular complexity index is 536. The molecule has 18 heavy (non-hydrogen) atoms. The lowest BCUT2D eigenvalue weighted by molar-refractivity contribution is 0.586. The largest absolute Gasteiger partial charge is 0.313 e. The highest BCUT2D eigenvalue weighted by Crippen LogP contribution is 2.24. The molecule has 0 saturated heterocycles. The topological polar surface area (TPSA) is 42.7 Å². The van der Waals surface area contributed by atoms with Crippen LogP contribution in [0.25, 0.3) is 0 Å². The first kappa shape index (κ1) is 13.1. The van der Waals surface area contributed by atoms with Crippen molar-refractivity contribution in [2.24, 2.45) is 7.05 Å². The van der Waals surface area contributed by atoms with E-state index >= 15 is 0 Å². The Labute approximate surface area is 112 Å². The van der Waals surface area contributed by atoms with Crippen LogP contribution < -0.4 is 5.32 Å². The average molecular weight is 265 g/mol. The number of hydrogen-bond acceptors (Lipinski definition) is 3. The number of nitrogens with zero attached hydrogens (tertiary/aromatic N) is 3. The average Bonchev–Trinajstić information content (AvgIpc) is 2.70. The first-order chi connectivity index (χ1) is 8.63. The summed E-state index contributed by atoms with van der Waals surface area (Å²) < 4.78 is 1.88. The molecule has 96 valence electrons. The van der Waals surface area contributed by atoms with Gasteiger partial charge in [0, 0.05) is 36.7 Å². The quantitative estimate of drug-likeness (QED) is 0.921. The summed E-state index contributed by atoms with van der Waals surface area (Å²) in [7, 11) is 3.90. The first-order valence-corrected chi connectivity index (χ1v) is 6.25. The third kappa shape index (κ3) is 2.54. The van der Waals surface area contributed by atoms with Gasteiger partial charge in [-0.1, -0.05) is 11.6 Å². The molecule has 1 unspecified atom stereocenters. The number of rotatable bonds is 4. The highest BCUT2D eigenvalue weighted by molar-refractivity contribution is 6.31. The van der Waals surface area contributed by atoms with Gasteiger partial charge in [0.15, 0.2) is 0 Å². The fourth-order valence-electron chi connectivity index (χ4n) is 2.01. The molecule has 0 bridgehead atoms. The minimum atomic E-state index is 0.207. The number of halogens is 1. The molecule has 2 aromatic rings. The van der Waals surface area contributed by atoms with E-state index < -0.39 is 0 Å². The van der Waals surface area contributed by atoms with Crippen LogP contribution in [0.5, 0.6) is 0 Å². The number of aryl methyl sites for hydroxylation is 1. The monoisotopic (exact) mass is 264 g/mol. The zero-order valence-electron chi connectivity index (χ0n) is 10.8. The van der Waals surface area contributed by atoms with E-state index in [0.717, 1.165) is 12.0 Å². The summed E-state index contributed by atoms with van der Waals surface area (Å²) in [6, 6.07) is 2.16. The van der Waals surface area contributed by atoms with Gasteiger partial charge < -0.3 is 5.32 Å². The molecule has 0 aliphatic carbocycles. The van der Waals surface area contributed by atoms with E-state index in [1.807, 2.05) is 31.0 Å². The fourth-order valence-corrected chi connectivity index (χ4v) is 2.21. The zero-order chi connectivity index (χ0) is 13.1. The second-order valence-electron chi connectivity index (χ2n) is 4.32. The summed E-state index contributed by atoms with van der Waals surface area (Å²) in [6.45, 7) is 2.07. The molecule has 0 aliphatic rings. The van der Waals surface area contributed by atoms with Gasteiger partial charge in [0.25, 0.3) is 0 Å². The second kappa shape index (κ2) is 5.50. The van der Waals surface area contributed by atoms with Gasteiger partial charge in [0.1, 0.15) is 0 Å². The summed E-state index contributed by atoms with van der Waals surface area (Å²) in [5.74, 6) is 0. The van der Waals surface area contributed by atoms with E-state index in [1.54, 1.807) is 12.4 Å². The van der Waals surface area contributed by atoms with Gasteiger partial charge in [-0.25, -0.2) is 0 Å². The maximum atomic E-state index is 6.15. The summed E-state index contributed by atoms with van der Waals surface area (Å²) in [6.07, 6.45) is 6.18. The van der Waals surface area contributed by atoms with Crippen LogP contribution in [0, 0.1) is 6.92 Å². The van der Waals surface area contributed by atoms with Crippen LogP contribution in [0.15, 0.2) is 24.7 Å². The van der Waals surface area contributed by atoms with E-state index in [1.165, 1.54) is 11.3 Å². The molecule has 2 aromatic heterocycles. The Kier molecular flexibility index (Phi) is 3.99. The normalized spacial score (nSPS) is 12.7. The predicted molar refractivity (Wildman–Crippen MR) is 72.7 cm³/mol. The number of likely N-dealkylation sites (N-methyl/N-ethyl adjacent to an activating group) is 1. The van der Waals surface area contributed by atoms with Crippen molar-refractivity contribution in [1.29, 1.82) is 0 Å².